The molecule has 0 aromatic carbocycles. The lowest BCUT2D eigenvalue weighted by Crippen LogP contribution is -2.69. The predicted molar refractivity (Wildman–Crippen MR) is 41.1 cm³/mol. The molecular formula is C7H13F3N2O. The van der Waals surface area contributed by atoms with E-state index in [1.807, 2.05) is 0 Å². The number of rotatable bonds is 3. The van der Waals surface area contributed by atoms with Crippen LogP contribution >= 0.6 is 0 Å². The second kappa shape index (κ2) is 3.43. The summed E-state index contributed by atoms with van der Waals surface area (Å²) in [5.74, 6) is 0. The highest BCUT2D eigenvalue weighted by Crippen LogP contribution is 2.37. The summed E-state index contributed by atoms with van der Waals surface area (Å²) >= 11 is 0. The molecular weight excluding hydrogens is 185 g/mol. The van der Waals surface area contributed by atoms with Crippen LogP contribution in [0.2, 0.25) is 0 Å². The van der Waals surface area contributed by atoms with Crippen molar-refractivity contribution in [3.8, 4) is 0 Å². The third kappa shape index (κ3) is 2.12. The molecule has 1 heterocycles. The normalized spacial score (nSPS) is 22.8. The van der Waals surface area contributed by atoms with Gasteiger partial charge in [-0.3, -0.25) is 4.90 Å². The topological polar surface area (TPSA) is 49.5 Å². The molecule has 0 amide bonds. The van der Waals surface area contributed by atoms with Crippen LogP contribution in [0.5, 0.6) is 0 Å². The Labute approximate surface area is 74.3 Å². The van der Waals surface area contributed by atoms with E-state index in [0.29, 0.717) is 19.5 Å². The highest BCUT2D eigenvalue weighted by molar-refractivity contribution is 5.00. The van der Waals surface area contributed by atoms with Crippen molar-refractivity contribution in [1.82, 2.24) is 4.90 Å². The zero-order valence-corrected chi connectivity index (χ0v) is 7.14. The van der Waals surface area contributed by atoms with Crippen molar-refractivity contribution < 1.29 is 18.3 Å². The Hall–Kier alpha value is -0.330. The number of alkyl halides is 3. The van der Waals surface area contributed by atoms with Gasteiger partial charge in [0.15, 0.2) is 5.60 Å². The molecule has 3 nitrogen and oxygen atoms in total. The minimum absolute atomic E-state index is 0.323. The highest BCUT2D eigenvalue weighted by Gasteiger charge is 2.60. The van der Waals surface area contributed by atoms with Gasteiger partial charge in [-0.15, -0.1) is 0 Å². The van der Waals surface area contributed by atoms with Gasteiger partial charge in [-0.25, -0.2) is 0 Å². The molecule has 3 N–H and O–H groups in total. The average molecular weight is 198 g/mol. The van der Waals surface area contributed by atoms with E-state index in [9.17, 15) is 13.2 Å². The van der Waals surface area contributed by atoms with E-state index in [1.165, 1.54) is 0 Å². The molecule has 0 bridgehead atoms. The van der Waals surface area contributed by atoms with Gasteiger partial charge in [0.2, 0.25) is 0 Å². The second-order valence-electron chi connectivity index (χ2n) is 3.38. The van der Waals surface area contributed by atoms with Crippen molar-refractivity contribution in [2.24, 2.45) is 5.73 Å². The van der Waals surface area contributed by atoms with Crippen LogP contribution in [-0.4, -0.2) is 48.0 Å². The van der Waals surface area contributed by atoms with Crippen molar-refractivity contribution in [3.63, 3.8) is 0 Å². The fourth-order valence-corrected chi connectivity index (χ4v) is 1.35. The monoisotopic (exact) mass is 198 g/mol. The third-order valence-corrected chi connectivity index (χ3v) is 2.18. The largest absolute Gasteiger partial charge is 0.419 e. The van der Waals surface area contributed by atoms with E-state index in [0.717, 1.165) is 0 Å². The lowest BCUT2D eigenvalue weighted by Gasteiger charge is -2.47. The van der Waals surface area contributed by atoms with Gasteiger partial charge in [-0.2, -0.15) is 13.2 Å². The van der Waals surface area contributed by atoms with Crippen LogP contribution in [0, 0.1) is 0 Å². The van der Waals surface area contributed by atoms with Crippen molar-refractivity contribution >= 4 is 0 Å². The van der Waals surface area contributed by atoms with Gasteiger partial charge in [0.1, 0.15) is 0 Å². The Balaban J connectivity index is 2.31. The lowest BCUT2D eigenvalue weighted by molar-refractivity contribution is -0.301. The molecule has 0 atom stereocenters. The first-order valence-electron chi connectivity index (χ1n) is 4.10. The minimum atomic E-state index is -4.51. The van der Waals surface area contributed by atoms with E-state index in [-0.39, 0.29) is 13.1 Å². The van der Waals surface area contributed by atoms with Crippen molar-refractivity contribution in [2.75, 3.05) is 26.2 Å². The number of likely N-dealkylation sites (tertiary alicyclic amines) is 1. The quantitative estimate of drug-likeness (QED) is 0.668. The van der Waals surface area contributed by atoms with Gasteiger partial charge in [-0.1, -0.05) is 0 Å². The maximum absolute atomic E-state index is 12.1. The van der Waals surface area contributed by atoms with E-state index in [1.54, 1.807) is 4.90 Å². The van der Waals surface area contributed by atoms with Gasteiger partial charge in [0.25, 0.3) is 0 Å². The fourth-order valence-electron chi connectivity index (χ4n) is 1.35. The Kier molecular flexibility index (Phi) is 2.84. The Morgan fingerprint density at radius 2 is 1.92 bits per heavy atom. The average Bonchev–Trinajstić information content (AvgIpc) is 1.93. The molecule has 0 radical (unpaired) electrons. The zero-order chi connectivity index (χ0) is 10.1. The number of hydrogen-bond donors (Lipinski definition) is 2. The highest BCUT2D eigenvalue weighted by atomic mass is 19.4. The van der Waals surface area contributed by atoms with Crippen molar-refractivity contribution in [3.05, 3.63) is 0 Å². The molecule has 78 valence electrons. The zero-order valence-electron chi connectivity index (χ0n) is 7.14. The van der Waals surface area contributed by atoms with Gasteiger partial charge < -0.3 is 10.8 Å². The van der Waals surface area contributed by atoms with Gasteiger partial charge >= 0.3 is 6.18 Å². The van der Waals surface area contributed by atoms with Crippen LogP contribution in [0.25, 0.3) is 0 Å². The summed E-state index contributed by atoms with van der Waals surface area (Å²) < 4.78 is 36.2. The van der Waals surface area contributed by atoms with E-state index < -0.39 is 11.8 Å². The van der Waals surface area contributed by atoms with Crippen LogP contribution in [0.4, 0.5) is 13.2 Å². The first-order chi connectivity index (χ1) is 5.89. The molecule has 0 saturated carbocycles. The van der Waals surface area contributed by atoms with Crippen molar-refractivity contribution in [1.29, 1.82) is 0 Å². The van der Waals surface area contributed by atoms with Crippen LogP contribution in [0.1, 0.15) is 6.42 Å². The van der Waals surface area contributed by atoms with Crippen LogP contribution < -0.4 is 5.73 Å². The van der Waals surface area contributed by atoms with Crippen LogP contribution in [0.15, 0.2) is 0 Å². The summed E-state index contributed by atoms with van der Waals surface area (Å²) in [7, 11) is 0. The number of aliphatic hydroxyl groups is 1. The Bertz CT molecular complexity index is 177. The van der Waals surface area contributed by atoms with Crippen LogP contribution in [-0.2, 0) is 0 Å². The SMILES string of the molecule is NCCCN1CC(O)(C(F)(F)F)C1. The molecule has 1 saturated heterocycles. The van der Waals surface area contributed by atoms with E-state index in [4.69, 9.17) is 10.8 Å². The number of nitrogens with two attached hydrogens (primary N) is 1. The summed E-state index contributed by atoms with van der Waals surface area (Å²) in [6, 6.07) is 0. The van der Waals surface area contributed by atoms with Gasteiger partial charge in [0.05, 0.1) is 0 Å². The first kappa shape index (κ1) is 10.7. The first-order valence-corrected chi connectivity index (χ1v) is 4.10. The maximum atomic E-state index is 12.1. The number of β-amino-alcohol motifs (C(OH)–C–C–N with tert-alkyl or cyclic N) is 1. The lowest BCUT2D eigenvalue weighted by atomic mass is 9.93. The number of hydrogen-bond acceptors (Lipinski definition) is 3. The molecule has 1 aliphatic heterocycles. The molecule has 0 aliphatic carbocycles. The molecule has 6 heteroatoms. The van der Waals surface area contributed by atoms with Gasteiger partial charge in [-0.05, 0) is 19.5 Å². The van der Waals surface area contributed by atoms with Crippen molar-refractivity contribution in [2.45, 2.75) is 18.2 Å². The summed E-state index contributed by atoms with van der Waals surface area (Å²) in [6.45, 7) is 0.336. The predicted octanol–water partition coefficient (Wildman–Crippen LogP) is -0.0558. The number of nitrogens with zero attached hydrogens (tertiary/aromatic N) is 1. The second-order valence-corrected chi connectivity index (χ2v) is 3.38. The number of halogens is 3. The van der Waals surface area contributed by atoms with E-state index >= 15 is 0 Å². The maximum Gasteiger partial charge on any atom is 0.419 e. The molecule has 0 aromatic rings. The Morgan fingerprint density at radius 3 is 2.31 bits per heavy atom. The molecule has 1 aliphatic rings. The fraction of sp³-hybridized carbons (Fsp3) is 1.00. The standard InChI is InChI=1S/C7H13F3N2O/c8-7(9,10)6(13)4-12(5-6)3-1-2-11/h13H,1-5,11H2. The van der Waals surface area contributed by atoms with Crippen LogP contribution in [0.3, 0.4) is 0 Å². The van der Waals surface area contributed by atoms with Gasteiger partial charge in [0, 0.05) is 13.1 Å². The molecule has 0 aromatic heterocycles. The minimum Gasteiger partial charge on any atom is -0.378 e. The molecule has 1 fully saturated rings. The third-order valence-electron chi connectivity index (χ3n) is 2.18. The molecule has 0 unspecified atom stereocenters. The molecule has 13 heavy (non-hydrogen) atoms. The smallest absolute Gasteiger partial charge is 0.378 e. The Morgan fingerprint density at radius 1 is 1.38 bits per heavy atom. The summed E-state index contributed by atoms with van der Waals surface area (Å²) in [4.78, 5) is 1.54. The summed E-state index contributed by atoms with van der Waals surface area (Å²) in [6.07, 6.45) is -3.85. The molecule has 1 rings (SSSR count). The molecule has 0 spiro atoms. The summed E-state index contributed by atoms with van der Waals surface area (Å²) in [5.41, 5.74) is 2.71. The summed E-state index contributed by atoms with van der Waals surface area (Å²) in [5, 5.41) is 9.02. The van der Waals surface area contributed by atoms with E-state index in [2.05, 4.69) is 0 Å².